The van der Waals surface area contributed by atoms with Crippen LogP contribution in [0.1, 0.15) is 18.2 Å². The molecule has 8 nitrogen and oxygen atoms in total. The number of nitro groups is 1. The van der Waals surface area contributed by atoms with Crippen molar-refractivity contribution in [1.29, 1.82) is 0 Å². The summed E-state index contributed by atoms with van der Waals surface area (Å²) in [4.78, 5) is 18.5. The number of rotatable bonds is 4. The molecule has 0 radical (unpaired) electrons. The van der Waals surface area contributed by atoms with Crippen molar-refractivity contribution in [2.45, 2.75) is 18.4 Å². The molecule has 98 valence electrons. The molecule has 1 aliphatic rings. The highest BCUT2D eigenvalue weighted by atomic mass is 16.6. The highest BCUT2D eigenvalue weighted by Gasteiger charge is 2.53. The largest absolute Gasteiger partial charge is 0.481 e. The van der Waals surface area contributed by atoms with Gasteiger partial charge in [0.15, 0.2) is 0 Å². The SMILES string of the molecule is COc1ccc(-c2noc([C@@H]3C[C@H]3[N+](=O)[O-])n2)cn1. The molecule has 2 aromatic heterocycles. The minimum atomic E-state index is -0.595. The minimum Gasteiger partial charge on any atom is -0.481 e. The van der Waals surface area contributed by atoms with Crippen LogP contribution in [-0.4, -0.2) is 33.2 Å². The van der Waals surface area contributed by atoms with Gasteiger partial charge in [-0.15, -0.1) is 0 Å². The number of ether oxygens (including phenoxy) is 1. The van der Waals surface area contributed by atoms with Crippen molar-refractivity contribution in [1.82, 2.24) is 15.1 Å². The fourth-order valence-electron chi connectivity index (χ4n) is 1.82. The average molecular weight is 262 g/mol. The zero-order valence-electron chi connectivity index (χ0n) is 10.0. The van der Waals surface area contributed by atoms with Crippen molar-refractivity contribution in [3.05, 3.63) is 34.3 Å². The molecule has 19 heavy (non-hydrogen) atoms. The van der Waals surface area contributed by atoms with E-state index in [4.69, 9.17) is 9.26 Å². The molecule has 2 aromatic rings. The highest BCUT2D eigenvalue weighted by Crippen LogP contribution is 2.42. The molecule has 0 N–H and O–H groups in total. The van der Waals surface area contributed by atoms with Crippen LogP contribution in [0.25, 0.3) is 11.4 Å². The Morgan fingerprint density at radius 2 is 2.37 bits per heavy atom. The Morgan fingerprint density at radius 1 is 1.53 bits per heavy atom. The first kappa shape index (κ1) is 11.6. The van der Waals surface area contributed by atoms with E-state index < -0.39 is 6.04 Å². The third-order valence-corrected chi connectivity index (χ3v) is 2.99. The molecule has 0 bridgehead atoms. The third kappa shape index (κ3) is 2.12. The highest BCUT2D eigenvalue weighted by molar-refractivity contribution is 5.53. The van der Waals surface area contributed by atoms with Gasteiger partial charge in [0.2, 0.25) is 23.6 Å². The lowest BCUT2D eigenvalue weighted by Gasteiger charge is -1.97. The normalized spacial score (nSPS) is 21.1. The number of pyridine rings is 1. The second kappa shape index (κ2) is 4.30. The summed E-state index contributed by atoms with van der Waals surface area (Å²) in [6.07, 6.45) is 2.01. The molecular weight excluding hydrogens is 252 g/mol. The van der Waals surface area contributed by atoms with Crippen LogP contribution >= 0.6 is 0 Å². The van der Waals surface area contributed by atoms with Crippen LogP contribution in [0.3, 0.4) is 0 Å². The van der Waals surface area contributed by atoms with Crippen LogP contribution in [-0.2, 0) is 0 Å². The van der Waals surface area contributed by atoms with Crippen LogP contribution in [0.5, 0.6) is 5.88 Å². The fourth-order valence-corrected chi connectivity index (χ4v) is 1.82. The van der Waals surface area contributed by atoms with Gasteiger partial charge in [-0.3, -0.25) is 10.1 Å². The van der Waals surface area contributed by atoms with Crippen molar-refractivity contribution in [2.24, 2.45) is 0 Å². The van der Waals surface area contributed by atoms with Crippen molar-refractivity contribution >= 4 is 0 Å². The van der Waals surface area contributed by atoms with Crippen LogP contribution in [0.15, 0.2) is 22.9 Å². The molecule has 3 rings (SSSR count). The topological polar surface area (TPSA) is 104 Å². The molecule has 2 heterocycles. The summed E-state index contributed by atoms with van der Waals surface area (Å²) in [5.41, 5.74) is 0.675. The van der Waals surface area contributed by atoms with E-state index in [0.717, 1.165) is 0 Å². The molecule has 8 heteroatoms. The van der Waals surface area contributed by atoms with E-state index in [1.54, 1.807) is 18.3 Å². The smallest absolute Gasteiger partial charge is 0.237 e. The maximum absolute atomic E-state index is 10.6. The van der Waals surface area contributed by atoms with Gasteiger partial charge in [-0.1, -0.05) is 5.16 Å². The lowest BCUT2D eigenvalue weighted by Crippen LogP contribution is -2.02. The molecule has 1 fully saturated rings. The van der Waals surface area contributed by atoms with E-state index in [0.29, 0.717) is 29.6 Å². The Balaban J connectivity index is 1.79. The zero-order chi connectivity index (χ0) is 13.4. The van der Waals surface area contributed by atoms with Crippen molar-refractivity contribution < 1.29 is 14.2 Å². The van der Waals surface area contributed by atoms with E-state index in [1.807, 2.05) is 0 Å². The first-order valence-electron chi connectivity index (χ1n) is 5.66. The van der Waals surface area contributed by atoms with Gasteiger partial charge < -0.3 is 9.26 Å². The van der Waals surface area contributed by atoms with Crippen LogP contribution in [0, 0.1) is 10.1 Å². The summed E-state index contributed by atoms with van der Waals surface area (Å²) in [6, 6.07) is 2.84. The Hall–Kier alpha value is -2.51. The van der Waals surface area contributed by atoms with E-state index in [2.05, 4.69) is 15.1 Å². The molecule has 1 aliphatic carbocycles. The molecule has 0 spiro atoms. The van der Waals surface area contributed by atoms with Crippen molar-refractivity contribution in [2.75, 3.05) is 7.11 Å². The molecule has 0 unspecified atom stereocenters. The van der Waals surface area contributed by atoms with Gasteiger partial charge in [-0.2, -0.15) is 4.98 Å². The van der Waals surface area contributed by atoms with Crippen LogP contribution in [0.4, 0.5) is 0 Å². The molecule has 0 saturated heterocycles. The molecule has 1 saturated carbocycles. The predicted octanol–water partition coefficient (Wildman–Crippen LogP) is 1.27. The Bertz CT molecular complexity index is 609. The first-order valence-corrected chi connectivity index (χ1v) is 5.66. The lowest BCUT2D eigenvalue weighted by molar-refractivity contribution is -0.496. The summed E-state index contributed by atoms with van der Waals surface area (Å²) in [6.45, 7) is 0. The Kier molecular flexibility index (Phi) is 2.62. The summed E-state index contributed by atoms with van der Waals surface area (Å²) in [5, 5.41) is 14.4. The summed E-state index contributed by atoms with van der Waals surface area (Å²) in [5.74, 6) is 0.914. The minimum absolute atomic E-state index is 0.262. The van der Waals surface area contributed by atoms with Gasteiger partial charge >= 0.3 is 0 Å². The number of nitrogens with zero attached hydrogens (tertiary/aromatic N) is 4. The van der Waals surface area contributed by atoms with Crippen molar-refractivity contribution in [3.63, 3.8) is 0 Å². The van der Waals surface area contributed by atoms with Gasteiger partial charge in [0, 0.05) is 29.2 Å². The second-order valence-corrected chi connectivity index (χ2v) is 4.24. The standard InChI is InChI=1S/C11H10N4O4/c1-18-9-3-2-6(5-12-9)10-13-11(19-14-10)7-4-8(7)15(16)17/h2-3,5,7-8H,4H2,1H3/t7-,8-/m1/s1. The van der Waals surface area contributed by atoms with Crippen molar-refractivity contribution in [3.8, 4) is 17.3 Å². The number of hydrogen-bond acceptors (Lipinski definition) is 7. The summed E-state index contributed by atoms with van der Waals surface area (Å²) >= 11 is 0. The number of aromatic nitrogens is 3. The van der Waals surface area contributed by atoms with Crippen LogP contribution in [0.2, 0.25) is 0 Å². The lowest BCUT2D eigenvalue weighted by atomic mass is 10.3. The quantitative estimate of drug-likeness (QED) is 0.603. The zero-order valence-corrected chi connectivity index (χ0v) is 10.0. The molecular formula is C11H10N4O4. The molecule has 0 aromatic carbocycles. The third-order valence-electron chi connectivity index (χ3n) is 2.99. The fraction of sp³-hybridized carbons (Fsp3) is 0.364. The first-order chi connectivity index (χ1) is 9.19. The Morgan fingerprint density at radius 3 is 2.95 bits per heavy atom. The van der Waals surface area contributed by atoms with Crippen LogP contribution < -0.4 is 4.74 Å². The Labute approximate surface area is 107 Å². The molecule has 0 amide bonds. The monoisotopic (exact) mass is 262 g/mol. The van der Waals surface area contributed by atoms with Gasteiger partial charge in [-0.25, -0.2) is 4.98 Å². The maximum Gasteiger partial charge on any atom is 0.237 e. The number of hydrogen-bond donors (Lipinski definition) is 0. The molecule has 2 atom stereocenters. The van der Waals surface area contributed by atoms with Gasteiger partial charge in [0.25, 0.3) is 0 Å². The van der Waals surface area contributed by atoms with Gasteiger partial charge in [-0.05, 0) is 6.07 Å². The van der Waals surface area contributed by atoms with E-state index in [-0.39, 0.29) is 10.8 Å². The maximum atomic E-state index is 10.6. The number of methoxy groups -OCH3 is 1. The van der Waals surface area contributed by atoms with E-state index in [9.17, 15) is 10.1 Å². The van der Waals surface area contributed by atoms with Gasteiger partial charge in [0.05, 0.1) is 7.11 Å². The van der Waals surface area contributed by atoms with E-state index in [1.165, 1.54) is 7.11 Å². The average Bonchev–Trinajstić information content (AvgIpc) is 3.09. The van der Waals surface area contributed by atoms with Gasteiger partial charge in [0.1, 0.15) is 5.92 Å². The molecule has 0 aliphatic heterocycles. The van der Waals surface area contributed by atoms with E-state index >= 15 is 0 Å². The summed E-state index contributed by atoms with van der Waals surface area (Å²) in [7, 11) is 1.53. The second-order valence-electron chi connectivity index (χ2n) is 4.24. The summed E-state index contributed by atoms with van der Waals surface area (Å²) < 4.78 is 10.0. The predicted molar refractivity (Wildman–Crippen MR) is 62.2 cm³/mol.